The van der Waals surface area contributed by atoms with Crippen molar-refractivity contribution in [3.8, 4) is 0 Å². The molecule has 0 bridgehead atoms. The Labute approximate surface area is 219 Å². The number of nitrogens with zero attached hydrogens (tertiary/aromatic N) is 4. The van der Waals surface area contributed by atoms with Crippen LogP contribution in [0, 0.1) is 5.82 Å². The van der Waals surface area contributed by atoms with Crippen LogP contribution < -0.4 is 10.6 Å². The summed E-state index contributed by atoms with van der Waals surface area (Å²) in [6.45, 7) is 0.914. The molecule has 2 amide bonds. The summed E-state index contributed by atoms with van der Waals surface area (Å²) < 4.78 is 44.1. The van der Waals surface area contributed by atoms with E-state index in [1.165, 1.54) is 44.6 Å². The highest BCUT2D eigenvalue weighted by Gasteiger charge is 2.22. The van der Waals surface area contributed by atoms with Gasteiger partial charge >= 0.3 is 10.2 Å². The molecule has 12 heteroatoms. The van der Waals surface area contributed by atoms with Crippen molar-refractivity contribution in [1.29, 1.82) is 0 Å². The molecule has 0 saturated carbocycles. The third-order valence-electron chi connectivity index (χ3n) is 5.77. The molecule has 0 spiro atoms. The van der Waals surface area contributed by atoms with Gasteiger partial charge in [0.2, 0.25) is 0 Å². The quantitative estimate of drug-likeness (QED) is 0.238. The van der Waals surface area contributed by atoms with E-state index < -0.39 is 27.8 Å². The summed E-state index contributed by atoms with van der Waals surface area (Å²) in [5, 5.41) is 5.80. The molecule has 4 aromatic rings. The van der Waals surface area contributed by atoms with Gasteiger partial charge in [0.1, 0.15) is 11.5 Å². The molecule has 4 rings (SSSR count). The summed E-state index contributed by atoms with van der Waals surface area (Å²) in [6.07, 6.45) is 8.48. The van der Waals surface area contributed by atoms with E-state index in [0.29, 0.717) is 36.0 Å². The number of para-hydroxylation sites is 1. The molecule has 2 aromatic heterocycles. The fourth-order valence-corrected chi connectivity index (χ4v) is 4.79. The lowest BCUT2D eigenvalue weighted by atomic mass is 10.1. The fraction of sp³-hybridized carbons (Fsp3) is 0.192. The van der Waals surface area contributed by atoms with Crippen molar-refractivity contribution < 1.29 is 22.4 Å². The van der Waals surface area contributed by atoms with E-state index in [9.17, 15) is 22.4 Å². The van der Waals surface area contributed by atoms with E-state index in [1.54, 1.807) is 43.0 Å². The lowest BCUT2D eigenvalue weighted by Crippen LogP contribution is -2.35. The Morgan fingerprint density at radius 3 is 2.55 bits per heavy atom. The molecule has 0 fully saturated rings. The van der Waals surface area contributed by atoms with Gasteiger partial charge in [-0.3, -0.25) is 9.59 Å². The van der Waals surface area contributed by atoms with Crippen molar-refractivity contribution in [2.75, 3.05) is 20.6 Å². The van der Waals surface area contributed by atoms with Gasteiger partial charge in [-0.1, -0.05) is 30.3 Å². The molecule has 0 atom stereocenters. The Morgan fingerprint density at radius 1 is 1.11 bits per heavy atom. The number of hydrogen-bond acceptors (Lipinski definition) is 5. The van der Waals surface area contributed by atoms with Crippen molar-refractivity contribution in [3.63, 3.8) is 0 Å². The minimum atomic E-state index is -3.87. The van der Waals surface area contributed by atoms with Crippen molar-refractivity contribution in [1.82, 2.24) is 28.5 Å². The second kappa shape index (κ2) is 11.4. The number of hydrogen-bond donors (Lipinski definition) is 2. The molecule has 0 radical (unpaired) electrons. The minimum absolute atomic E-state index is 0.161. The third kappa shape index (κ3) is 5.82. The van der Waals surface area contributed by atoms with Crippen molar-refractivity contribution >= 4 is 39.0 Å². The van der Waals surface area contributed by atoms with Crippen LogP contribution in [0.5, 0.6) is 0 Å². The second-order valence-electron chi connectivity index (χ2n) is 8.59. The Hall–Kier alpha value is -4.29. The highest BCUT2D eigenvalue weighted by Crippen LogP contribution is 2.25. The number of rotatable bonds is 10. The van der Waals surface area contributed by atoms with Crippen LogP contribution in [-0.2, 0) is 21.5 Å². The predicted octanol–water partition coefficient (Wildman–Crippen LogP) is 2.61. The van der Waals surface area contributed by atoms with Gasteiger partial charge in [-0.2, -0.15) is 12.7 Å². The lowest BCUT2D eigenvalue weighted by molar-refractivity contribution is -0.117. The van der Waals surface area contributed by atoms with Crippen molar-refractivity contribution in [2.24, 2.45) is 0 Å². The van der Waals surface area contributed by atoms with Crippen LogP contribution in [0.2, 0.25) is 0 Å². The van der Waals surface area contributed by atoms with E-state index in [2.05, 4.69) is 15.6 Å². The molecule has 198 valence electrons. The number of carbonyl (C=O) groups is 2. The van der Waals surface area contributed by atoms with Gasteiger partial charge in [0.05, 0.1) is 17.4 Å². The molecule has 10 nitrogen and oxygen atoms in total. The van der Waals surface area contributed by atoms with E-state index in [-0.39, 0.29) is 11.3 Å². The maximum absolute atomic E-state index is 14.3. The SMILES string of the molecule is CN(C)S(=O)(=O)n1cc(/C=C(\NC(=O)c2ccccc2F)C(=O)NCCCn2ccnc2)c2ccccc21. The largest absolute Gasteiger partial charge is 0.351 e. The highest BCUT2D eigenvalue weighted by atomic mass is 32.2. The number of halogens is 1. The van der Waals surface area contributed by atoms with Crippen LogP contribution in [0.15, 0.2) is 79.1 Å². The first kappa shape index (κ1) is 26.8. The highest BCUT2D eigenvalue weighted by molar-refractivity contribution is 7.87. The fourth-order valence-electron chi connectivity index (χ4n) is 3.78. The molecule has 0 aliphatic carbocycles. The van der Waals surface area contributed by atoms with Gasteiger partial charge in [0.15, 0.2) is 0 Å². The minimum Gasteiger partial charge on any atom is -0.351 e. The summed E-state index contributed by atoms with van der Waals surface area (Å²) in [6, 6.07) is 12.2. The van der Waals surface area contributed by atoms with Crippen LogP contribution in [0.4, 0.5) is 4.39 Å². The second-order valence-corrected chi connectivity index (χ2v) is 10.6. The molecular formula is C26H27FN6O4S. The van der Waals surface area contributed by atoms with E-state index in [0.717, 1.165) is 14.3 Å². The number of benzene rings is 2. The maximum Gasteiger partial charge on any atom is 0.307 e. The molecule has 0 saturated heterocycles. The third-order valence-corrected chi connectivity index (χ3v) is 7.49. The Balaban J connectivity index is 1.68. The summed E-state index contributed by atoms with van der Waals surface area (Å²) in [7, 11) is -1.05. The van der Waals surface area contributed by atoms with Gasteiger partial charge in [0, 0.05) is 56.7 Å². The summed E-state index contributed by atoms with van der Waals surface area (Å²) in [5.74, 6) is -2.15. The molecule has 0 unspecified atom stereocenters. The van der Waals surface area contributed by atoms with Gasteiger partial charge in [0.25, 0.3) is 11.8 Å². The van der Waals surface area contributed by atoms with Gasteiger partial charge in [-0.25, -0.2) is 13.3 Å². The topological polar surface area (TPSA) is 118 Å². The van der Waals surface area contributed by atoms with Crippen LogP contribution in [0.3, 0.4) is 0 Å². The standard InChI is InChI=1S/C26H27FN6O4S/c1-31(2)38(36,37)33-17-19(20-8-4-6-11-24(20)33)16-23(30-25(34)21-9-3-5-10-22(21)27)26(35)29-12-7-14-32-15-13-28-18-32/h3-6,8-11,13,15-18H,7,12,14H2,1-2H3,(H,29,35)(H,30,34)/b23-16-. The molecule has 0 aliphatic rings. The number of imidazole rings is 1. The Kier molecular flexibility index (Phi) is 8.03. The van der Waals surface area contributed by atoms with Crippen LogP contribution in [0.25, 0.3) is 17.0 Å². The first-order valence-corrected chi connectivity index (χ1v) is 13.1. The normalized spacial score (nSPS) is 12.2. The van der Waals surface area contributed by atoms with Gasteiger partial charge in [-0.05, 0) is 30.7 Å². The van der Waals surface area contributed by atoms with E-state index in [4.69, 9.17) is 0 Å². The summed E-state index contributed by atoms with van der Waals surface area (Å²) in [4.78, 5) is 30.0. The molecule has 38 heavy (non-hydrogen) atoms. The summed E-state index contributed by atoms with van der Waals surface area (Å²) >= 11 is 0. The molecule has 0 aliphatic heterocycles. The van der Waals surface area contributed by atoms with Crippen molar-refractivity contribution in [3.05, 3.63) is 96.1 Å². The first-order chi connectivity index (χ1) is 18.2. The van der Waals surface area contributed by atoms with Crippen LogP contribution in [0.1, 0.15) is 22.3 Å². The number of carbonyl (C=O) groups excluding carboxylic acids is 2. The number of aromatic nitrogens is 3. The van der Waals surface area contributed by atoms with Crippen LogP contribution in [-0.4, -0.2) is 58.7 Å². The Morgan fingerprint density at radius 2 is 1.84 bits per heavy atom. The number of amides is 2. The Bertz CT molecular complexity index is 1590. The average Bonchev–Trinajstić information content (AvgIpc) is 3.55. The molecule has 2 N–H and O–H groups in total. The zero-order valence-corrected chi connectivity index (χ0v) is 21.7. The van der Waals surface area contributed by atoms with Crippen LogP contribution >= 0.6 is 0 Å². The van der Waals surface area contributed by atoms with Gasteiger partial charge in [-0.15, -0.1) is 0 Å². The smallest absolute Gasteiger partial charge is 0.307 e. The van der Waals surface area contributed by atoms with Crippen molar-refractivity contribution in [2.45, 2.75) is 13.0 Å². The van der Waals surface area contributed by atoms with Gasteiger partial charge < -0.3 is 15.2 Å². The van der Waals surface area contributed by atoms with E-state index in [1.807, 2.05) is 4.57 Å². The lowest BCUT2D eigenvalue weighted by Gasteiger charge is -2.13. The molecule has 2 heterocycles. The molecule has 2 aromatic carbocycles. The monoisotopic (exact) mass is 538 g/mol. The number of nitrogens with one attached hydrogen (secondary N) is 2. The number of fused-ring (bicyclic) bond motifs is 1. The summed E-state index contributed by atoms with van der Waals surface area (Å²) in [5.41, 5.74) is 0.381. The first-order valence-electron chi connectivity index (χ1n) is 11.7. The van der Waals surface area contributed by atoms with E-state index >= 15 is 0 Å². The predicted molar refractivity (Wildman–Crippen MR) is 142 cm³/mol. The zero-order chi connectivity index (χ0) is 27.3. The number of aryl methyl sites for hydroxylation is 1. The molecular weight excluding hydrogens is 511 g/mol. The zero-order valence-electron chi connectivity index (χ0n) is 20.8. The maximum atomic E-state index is 14.3. The average molecular weight is 539 g/mol.